The second kappa shape index (κ2) is 9.42. The summed E-state index contributed by atoms with van der Waals surface area (Å²) in [5.41, 5.74) is 2.51. The molecule has 35 heavy (non-hydrogen) atoms. The van der Waals surface area contributed by atoms with Gasteiger partial charge >= 0.3 is 0 Å². The van der Waals surface area contributed by atoms with Crippen molar-refractivity contribution in [3.05, 3.63) is 59.7 Å². The van der Waals surface area contributed by atoms with Crippen molar-refractivity contribution in [2.45, 2.75) is 6.42 Å². The monoisotopic (exact) mass is 478 g/mol. The Labute approximate surface area is 202 Å². The van der Waals surface area contributed by atoms with Gasteiger partial charge in [-0.15, -0.1) is 0 Å². The van der Waals surface area contributed by atoms with E-state index >= 15 is 0 Å². The van der Waals surface area contributed by atoms with Gasteiger partial charge in [0.1, 0.15) is 17.2 Å². The van der Waals surface area contributed by atoms with E-state index in [4.69, 9.17) is 18.9 Å². The van der Waals surface area contributed by atoms with Crippen LogP contribution in [-0.2, 0) is 6.42 Å². The average molecular weight is 478 g/mol. The van der Waals surface area contributed by atoms with Crippen LogP contribution in [0.15, 0.2) is 48.5 Å². The van der Waals surface area contributed by atoms with Gasteiger partial charge in [0, 0.05) is 34.6 Å². The SMILES string of the molecule is COc1cc(Cc2c(O)cc3c(OC)c(O)c(OC)cc3c2-c2ccc(O)cc2OC)ccc1O. The number of aromatic hydroxyl groups is 4. The van der Waals surface area contributed by atoms with Crippen LogP contribution in [0, 0.1) is 0 Å². The fourth-order valence-electron chi connectivity index (χ4n) is 4.27. The van der Waals surface area contributed by atoms with E-state index in [1.54, 1.807) is 24.3 Å². The van der Waals surface area contributed by atoms with Crippen molar-refractivity contribution in [3.8, 4) is 57.1 Å². The van der Waals surface area contributed by atoms with E-state index < -0.39 is 0 Å². The summed E-state index contributed by atoms with van der Waals surface area (Å²) in [6.07, 6.45) is 0.267. The van der Waals surface area contributed by atoms with Crippen LogP contribution >= 0.6 is 0 Å². The van der Waals surface area contributed by atoms with Gasteiger partial charge in [-0.2, -0.15) is 0 Å². The van der Waals surface area contributed by atoms with E-state index in [0.29, 0.717) is 39.0 Å². The molecule has 4 aromatic rings. The summed E-state index contributed by atoms with van der Waals surface area (Å²) in [4.78, 5) is 0. The molecule has 0 radical (unpaired) electrons. The van der Waals surface area contributed by atoms with Gasteiger partial charge in [-0.05, 0) is 47.3 Å². The first-order valence-electron chi connectivity index (χ1n) is 10.7. The summed E-state index contributed by atoms with van der Waals surface area (Å²) >= 11 is 0. The van der Waals surface area contributed by atoms with Gasteiger partial charge in [0.05, 0.1) is 28.4 Å². The van der Waals surface area contributed by atoms with E-state index in [0.717, 1.165) is 5.56 Å². The van der Waals surface area contributed by atoms with Crippen molar-refractivity contribution >= 4 is 10.8 Å². The first-order chi connectivity index (χ1) is 16.8. The lowest BCUT2D eigenvalue weighted by Crippen LogP contribution is -1.99. The first kappa shape index (κ1) is 23.7. The molecule has 0 saturated heterocycles. The zero-order valence-electron chi connectivity index (χ0n) is 19.7. The Balaban J connectivity index is 2.11. The Morgan fingerprint density at radius 3 is 2.00 bits per heavy atom. The minimum absolute atomic E-state index is 0.00404. The van der Waals surface area contributed by atoms with Crippen LogP contribution in [0.25, 0.3) is 21.9 Å². The maximum atomic E-state index is 11.2. The third kappa shape index (κ3) is 4.14. The molecule has 8 nitrogen and oxygen atoms in total. The summed E-state index contributed by atoms with van der Waals surface area (Å²) in [6.45, 7) is 0. The molecule has 0 unspecified atom stereocenters. The van der Waals surface area contributed by atoms with Crippen LogP contribution < -0.4 is 18.9 Å². The Morgan fingerprint density at radius 2 is 1.34 bits per heavy atom. The van der Waals surface area contributed by atoms with Crippen LogP contribution in [-0.4, -0.2) is 48.9 Å². The molecule has 0 amide bonds. The lowest BCUT2D eigenvalue weighted by molar-refractivity contribution is 0.343. The molecule has 0 aromatic heterocycles. The number of phenolic OH excluding ortho intramolecular Hbond substituents is 4. The molecule has 0 spiro atoms. The third-order valence-electron chi connectivity index (χ3n) is 5.92. The molecule has 8 heteroatoms. The quantitative estimate of drug-likeness (QED) is 0.295. The van der Waals surface area contributed by atoms with Gasteiger partial charge < -0.3 is 39.4 Å². The van der Waals surface area contributed by atoms with Crippen LogP contribution in [0.3, 0.4) is 0 Å². The van der Waals surface area contributed by atoms with Gasteiger partial charge in [-0.3, -0.25) is 0 Å². The largest absolute Gasteiger partial charge is 0.508 e. The Morgan fingerprint density at radius 1 is 0.629 bits per heavy atom. The highest BCUT2D eigenvalue weighted by molar-refractivity contribution is 6.06. The molecule has 4 N–H and O–H groups in total. The summed E-state index contributed by atoms with van der Waals surface area (Å²) in [6, 6.07) is 12.8. The zero-order chi connectivity index (χ0) is 25.3. The minimum Gasteiger partial charge on any atom is -0.508 e. The van der Waals surface area contributed by atoms with E-state index in [2.05, 4.69) is 0 Å². The predicted molar refractivity (Wildman–Crippen MR) is 131 cm³/mol. The Hall–Kier alpha value is -4.46. The van der Waals surface area contributed by atoms with Gasteiger partial charge in [0.15, 0.2) is 23.0 Å². The topological polar surface area (TPSA) is 118 Å². The molecular formula is C27H26O8. The molecule has 0 fully saturated rings. The molecule has 0 aliphatic rings. The zero-order valence-corrected chi connectivity index (χ0v) is 19.7. The molecule has 0 saturated carbocycles. The van der Waals surface area contributed by atoms with Crippen LogP contribution in [0.4, 0.5) is 0 Å². The highest BCUT2D eigenvalue weighted by Gasteiger charge is 2.24. The van der Waals surface area contributed by atoms with E-state index in [9.17, 15) is 20.4 Å². The third-order valence-corrected chi connectivity index (χ3v) is 5.92. The lowest BCUT2D eigenvalue weighted by Gasteiger charge is -2.20. The summed E-state index contributed by atoms with van der Waals surface area (Å²) in [5.74, 6) is 0.811. The fourth-order valence-corrected chi connectivity index (χ4v) is 4.27. The molecule has 0 atom stereocenters. The first-order valence-corrected chi connectivity index (χ1v) is 10.7. The maximum absolute atomic E-state index is 11.2. The van der Waals surface area contributed by atoms with Gasteiger partial charge in [0.25, 0.3) is 0 Å². The Kier molecular flexibility index (Phi) is 6.38. The Bertz CT molecular complexity index is 1410. The second-order valence-corrected chi connectivity index (χ2v) is 7.87. The standard InChI is InChI=1S/C27H26O8/c1-32-22-11-15(28)6-7-16(22)25-17-13-24(34-3)26(31)27(35-4)18(17)12-21(30)19(25)9-14-5-8-20(29)23(10-14)33-2/h5-8,10-13,28-31H,9H2,1-4H3. The fraction of sp³-hybridized carbons (Fsp3) is 0.185. The van der Waals surface area contributed by atoms with Crippen molar-refractivity contribution in [3.63, 3.8) is 0 Å². The number of benzene rings is 4. The molecular weight excluding hydrogens is 452 g/mol. The average Bonchev–Trinajstić information content (AvgIpc) is 2.85. The smallest absolute Gasteiger partial charge is 0.201 e. The van der Waals surface area contributed by atoms with Gasteiger partial charge in [-0.1, -0.05) is 6.07 Å². The molecule has 182 valence electrons. The van der Waals surface area contributed by atoms with Crippen LogP contribution in [0.2, 0.25) is 0 Å². The normalized spacial score (nSPS) is 10.9. The van der Waals surface area contributed by atoms with Crippen molar-refractivity contribution in [2.75, 3.05) is 28.4 Å². The molecule has 0 bridgehead atoms. The summed E-state index contributed by atoms with van der Waals surface area (Å²) in [5, 5.41) is 43.0. The molecule has 4 aromatic carbocycles. The van der Waals surface area contributed by atoms with Crippen LogP contribution in [0.1, 0.15) is 11.1 Å². The number of rotatable bonds is 7. The van der Waals surface area contributed by atoms with Crippen molar-refractivity contribution in [1.82, 2.24) is 0 Å². The summed E-state index contributed by atoms with van der Waals surface area (Å²) < 4.78 is 21.7. The number of hydrogen-bond acceptors (Lipinski definition) is 8. The molecule has 4 rings (SSSR count). The summed E-state index contributed by atoms with van der Waals surface area (Å²) in [7, 11) is 5.80. The molecule has 0 heterocycles. The lowest BCUT2D eigenvalue weighted by atomic mass is 9.88. The predicted octanol–water partition coefficient (Wildman–Crippen LogP) is 4.95. The highest BCUT2D eigenvalue weighted by Crippen LogP contribution is 2.50. The minimum atomic E-state index is -0.193. The van der Waals surface area contributed by atoms with E-state index in [-0.39, 0.29) is 40.9 Å². The number of hydrogen-bond donors (Lipinski definition) is 4. The van der Waals surface area contributed by atoms with Gasteiger partial charge in [-0.25, -0.2) is 0 Å². The van der Waals surface area contributed by atoms with E-state index in [1.165, 1.54) is 52.7 Å². The highest BCUT2D eigenvalue weighted by atomic mass is 16.5. The number of ether oxygens (including phenoxy) is 4. The van der Waals surface area contributed by atoms with Crippen molar-refractivity contribution in [1.29, 1.82) is 0 Å². The van der Waals surface area contributed by atoms with Crippen molar-refractivity contribution < 1.29 is 39.4 Å². The maximum Gasteiger partial charge on any atom is 0.201 e. The molecule has 0 aliphatic carbocycles. The van der Waals surface area contributed by atoms with Crippen molar-refractivity contribution in [2.24, 2.45) is 0 Å². The van der Waals surface area contributed by atoms with Gasteiger partial charge in [0.2, 0.25) is 5.75 Å². The number of phenols is 4. The van der Waals surface area contributed by atoms with Crippen LogP contribution in [0.5, 0.6) is 46.0 Å². The molecule has 0 aliphatic heterocycles. The number of methoxy groups -OCH3 is 4. The second-order valence-electron chi connectivity index (χ2n) is 7.87. The number of fused-ring (bicyclic) bond motifs is 1. The van der Waals surface area contributed by atoms with E-state index in [1.807, 2.05) is 0 Å².